The molecule has 158 valence electrons. The Bertz CT molecular complexity index is 1310. The van der Waals surface area contributed by atoms with Crippen LogP contribution in [0.5, 0.6) is 0 Å². The SMILES string of the molecule is Cc1nnc(N[C@H](C)c2cccc(C(F)F)c2F)c2cn(-c3cncnc3)c(=O)cc12. The quantitative estimate of drug-likeness (QED) is 0.517. The maximum Gasteiger partial charge on any atom is 0.266 e. The summed E-state index contributed by atoms with van der Waals surface area (Å²) in [7, 11) is 0. The molecule has 0 radical (unpaired) electrons. The van der Waals surface area contributed by atoms with Crippen molar-refractivity contribution in [1.29, 1.82) is 0 Å². The summed E-state index contributed by atoms with van der Waals surface area (Å²) in [5.74, 6) is -0.694. The molecule has 0 unspecified atom stereocenters. The van der Waals surface area contributed by atoms with Crippen LogP contribution < -0.4 is 10.9 Å². The van der Waals surface area contributed by atoms with Crippen molar-refractivity contribution in [3.63, 3.8) is 0 Å². The molecule has 1 N–H and O–H groups in total. The number of aryl methyl sites for hydroxylation is 1. The number of hydrogen-bond donors (Lipinski definition) is 1. The zero-order valence-electron chi connectivity index (χ0n) is 16.6. The van der Waals surface area contributed by atoms with Crippen molar-refractivity contribution in [2.24, 2.45) is 0 Å². The highest BCUT2D eigenvalue weighted by molar-refractivity contribution is 5.92. The molecule has 7 nitrogen and oxygen atoms in total. The molecule has 3 aromatic heterocycles. The average molecular weight is 426 g/mol. The molecule has 0 saturated carbocycles. The van der Waals surface area contributed by atoms with Crippen LogP contribution in [0.4, 0.5) is 19.0 Å². The molecule has 0 fully saturated rings. The second-order valence-corrected chi connectivity index (χ2v) is 6.96. The van der Waals surface area contributed by atoms with E-state index in [1.807, 2.05) is 0 Å². The molecule has 0 spiro atoms. The van der Waals surface area contributed by atoms with E-state index in [2.05, 4.69) is 25.5 Å². The summed E-state index contributed by atoms with van der Waals surface area (Å²) in [6.07, 6.45) is 2.97. The first kappa shape index (κ1) is 20.5. The maximum absolute atomic E-state index is 14.6. The van der Waals surface area contributed by atoms with E-state index >= 15 is 0 Å². The Morgan fingerprint density at radius 1 is 1.06 bits per heavy atom. The van der Waals surface area contributed by atoms with Crippen molar-refractivity contribution >= 4 is 16.6 Å². The van der Waals surface area contributed by atoms with E-state index in [0.29, 0.717) is 22.2 Å². The van der Waals surface area contributed by atoms with Gasteiger partial charge in [-0.15, -0.1) is 5.10 Å². The third-order valence-corrected chi connectivity index (χ3v) is 4.94. The van der Waals surface area contributed by atoms with E-state index in [1.54, 1.807) is 20.0 Å². The fraction of sp³-hybridized carbons (Fsp3) is 0.190. The highest BCUT2D eigenvalue weighted by Gasteiger charge is 2.20. The van der Waals surface area contributed by atoms with Crippen molar-refractivity contribution in [3.05, 3.63) is 82.2 Å². The molecular formula is C21H17F3N6O. The molecular weight excluding hydrogens is 409 g/mol. The molecule has 0 amide bonds. The number of aromatic nitrogens is 5. The van der Waals surface area contributed by atoms with Gasteiger partial charge in [0.25, 0.3) is 12.0 Å². The third kappa shape index (κ3) is 3.83. The predicted octanol–water partition coefficient (Wildman–Crippen LogP) is 4.13. The van der Waals surface area contributed by atoms with Gasteiger partial charge < -0.3 is 5.32 Å². The molecule has 31 heavy (non-hydrogen) atoms. The first-order valence-corrected chi connectivity index (χ1v) is 9.35. The van der Waals surface area contributed by atoms with Crippen LogP contribution in [0.3, 0.4) is 0 Å². The Balaban J connectivity index is 1.80. The third-order valence-electron chi connectivity index (χ3n) is 4.94. The number of pyridine rings is 1. The molecule has 0 aliphatic heterocycles. The van der Waals surface area contributed by atoms with Crippen molar-refractivity contribution in [2.45, 2.75) is 26.3 Å². The smallest absolute Gasteiger partial charge is 0.266 e. The lowest BCUT2D eigenvalue weighted by atomic mass is 10.0. The summed E-state index contributed by atoms with van der Waals surface area (Å²) < 4.78 is 42.1. The number of halogens is 3. The summed E-state index contributed by atoms with van der Waals surface area (Å²) in [5.41, 5.74) is 0.0845. The number of nitrogens with one attached hydrogen (secondary N) is 1. The largest absolute Gasteiger partial charge is 0.361 e. The van der Waals surface area contributed by atoms with Gasteiger partial charge >= 0.3 is 0 Å². The second-order valence-electron chi connectivity index (χ2n) is 6.96. The predicted molar refractivity (Wildman–Crippen MR) is 109 cm³/mol. The number of rotatable bonds is 5. The van der Waals surface area contributed by atoms with Gasteiger partial charge in [-0.25, -0.2) is 23.1 Å². The highest BCUT2D eigenvalue weighted by atomic mass is 19.3. The Hall–Kier alpha value is -3.82. The van der Waals surface area contributed by atoms with Gasteiger partial charge in [0.05, 0.1) is 35.4 Å². The first-order chi connectivity index (χ1) is 14.9. The van der Waals surface area contributed by atoms with Crippen LogP contribution in [-0.4, -0.2) is 24.7 Å². The van der Waals surface area contributed by atoms with Gasteiger partial charge in [0.1, 0.15) is 12.1 Å². The fourth-order valence-electron chi connectivity index (χ4n) is 3.33. The summed E-state index contributed by atoms with van der Waals surface area (Å²) in [5, 5.41) is 12.3. The van der Waals surface area contributed by atoms with Crippen LogP contribution in [-0.2, 0) is 0 Å². The van der Waals surface area contributed by atoms with Crippen molar-refractivity contribution < 1.29 is 13.2 Å². The van der Waals surface area contributed by atoms with Gasteiger partial charge in [0.15, 0.2) is 5.82 Å². The van der Waals surface area contributed by atoms with Crippen LogP contribution in [0.2, 0.25) is 0 Å². The summed E-state index contributed by atoms with van der Waals surface area (Å²) in [4.78, 5) is 20.5. The van der Waals surface area contributed by atoms with Crippen LogP contribution in [0.1, 0.15) is 36.2 Å². The summed E-state index contributed by atoms with van der Waals surface area (Å²) in [6, 6.07) is 4.58. The molecule has 0 bridgehead atoms. The van der Waals surface area contributed by atoms with Gasteiger partial charge in [-0.2, -0.15) is 5.10 Å². The van der Waals surface area contributed by atoms with E-state index in [9.17, 15) is 18.0 Å². The molecule has 0 aliphatic carbocycles. The zero-order valence-corrected chi connectivity index (χ0v) is 16.6. The number of nitrogens with zero attached hydrogens (tertiary/aromatic N) is 5. The number of benzene rings is 1. The van der Waals surface area contributed by atoms with E-state index in [0.717, 1.165) is 6.07 Å². The lowest BCUT2D eigenvalue weighted by molar-refractivity contribution is 0.146. The molecule has 4 rings (SSSR count). The van der Waals surface area contributed by atoms with E-state index < -0.39 is 23.8 Å². The summed E-state index contributed by atoms with van der Waals surface area (Å²) >= 11 is 0. The Labute approximate surface area is 174 Å². The fourth-order valence-corrected chi connectivity index (χ4v) is 3.33. The van der Waals surface area contributed by atoms with E-state index in [-0.39, 0.29) is 16.9 Å². The van der Waals surface area contributed by atoms with Crippen molar-refractivity contribution in [1.82, 2.24) is 24.7 Å². The lowest BCUT2D eigenvalue weighted by Gasteiger charge is -2.18. The van der Waals surface area contributed by atoms with Gasteiger partial charge in [-0.3, -0.25) is 9.36 Å². The topological polar surface area (TPSA) is 85.6 Å². The maximum atomic E-state index is 14.6. The number of fused-ring (bicyclic) bond motifs is 1. The summed E-state index contributed by atoms with van der Waals surface area (Å²) in [6.45, 7) is 3.34. The Morgan fingerprint density at radius 2 is 1.77 bits per heavy atom. The average Bonchev–Trinajstić information content (AvgIpc) is 2.76. The second kappa shape index (κ2) is 8.13. The minimum Gasteiger partial charge on any atom is -0.361 e. The molecule has 3 heterocycles. The minimum atomic E-state index is -2.92. The standard InChI is InChI=1S/C21H17F3N6O/c1-11(14-4-3-5-15(19(14)22)20(23)24)27-21-17-9-30(13-7-25-10-26-8-13)18(31)6-16(17)12(2)28-29-21/h3-11,20H,1-2H3,(H,27,29)/t11-/m1/s1. The molecule has 10 heteroatoms. The molecule has 4 aromatic rings. The van der Waals surface area contributed by atoms with Crippen LogP contribution in [0.15, 0.2) is 54.0 Å². The van der Waals surface area contributed by atoms with Crippen LogP contribution in [0.25, 0.3) is 16.5 Å². The number of alkyl halides is 2. The van der Waals surface area contributed by atoms with Crippen molar-refractivity contribution in [3.8, 4) is 5.69 Å². The van der Waals surface area contributed by atoms with Crippen molar-refractivity contribution in [2.75, 3.05) is 5.32 Å². The lowest BCUT2D eigenvalue weighted by Crippen LogP contribution is -2.18. The van der Waals surface area contributed by atoms with E-state index in [4.69, 9.17) is 0 Å². The Kier molecular flexibility index (Phi) is 5.37. The Morgan fingerprint density at radius 3 is 2.48 bits per heavy atom. The van der Waals surface area contributed by atoms with Crippen LogP contribution >= 0.6 is 0 Å². The zero-order chi connectivity index (χ0) is 22.1. The first-order valence-electron chi connectivity index (χ1n) is 9.35. The van der Waals surface area contributed by atoms with Gasteiger partial charge in [-0.1, -0.05) is 18.2 Å². The van der Waals surface area contributed by atoms with Gasteiger partial charge in [0, 0.05) is 28.6 Å². The number of hydrogen-bond acceptors (Lipinski definition) is 6. The highest BCUT2D eigenvalue weighted by Crippen LogP contribution is 2.30. The van der Waals surface area contributed by atoms with E-state index in [1.165, 1.54) is 41.5 Å². The molecule has 1 aromatic carbocycles. The monoisotopic (exact) mass is 426 g/mol. The number of anilines is 1. The molecule has 1 atom stereocenters. The molecule has 0 aliphatic rings. The minimum absolute atomic E-state index is 0.0677. The van der Waals surface area contributed by atoms with Gasteiger partial charge in [0.2, 0.25) is 0 Å². The molecule has 0 saturated heterocycles. The van der Waals surface area contributed by atoms with Crippen LogP contribution in [0, 0.1) is 12.7 Å². The normalized spacial score (nSPS) is 12.3. The van der Waals surface area contributed by atoms with Gasteiger partial charge in [-0.05, 0) is 13.8 Å².